The van der Waals surface area contributed by atoms with E-state index in [2.05, 4.69) is 10.5 Å². The molecule has 2 aromatic carbocycles. The third-order valence-corrected chi connectivity index (χ3v) is 4.69. The zero-order chi connectivity index (χ0) is 17.5. The highest BCUT2D eigenvalue weighted by Crippen LogP contribution is 2.30. The van der Waals surface area contributed by atoms with E-state index in [4.69, 9.17) is 0 Å². The zero-order valence-electron chi connectivity index (χ0n) is 13.8. The quantitative estimate of drug-likeness (QED) is 0.503. The first-order valence-electron chi connectivity index (χ1n) is 7.95. The molecule has 1 aromatic heterocycles. The Bertz CT molecular complexity index is 896. The van der Waals surface area contributed by atoms with Crippen LogP contribution in [0.3, 0.4) is 0 Å². The average Bonchev–Trinajstić information content (AvgIpc) is 3.05. The molecule has 3 rings (SSSR count). The maximum atomic E-state index is 12.2. The number of thiophene rings is 1. The minimum Gasteiger partial charge on any atom is -0.266 e. The van der Waals surface area contributed by atoms with Crippen molar-refractivity contribution < 1.29 is 4.79 Å². The molecule has 0 aliphatic heterocycles. The molecule has 124 valence electrons. The maximum Gasteiger partial charge on any atom is 0.281 e. The van der Waals surface area contributed by atoms with E-state index in [0.29, 0.717) is 4.88 Å². The lowest BCUT2D eigenvalue weighted by atomic mass is 10.1. The molecular weight excluding hydrogens is 328 g/mol. The Labute approximate surface area is 151 Å². The Kier molecular flexibility index (Phi) is 5.54. The first kappa shape index (κ1) is 16.9. The smallest absolute Gasteiger partial charge is 0.266 e. The molecule has 3 aromatic rings. The highest BCUT2D eigenvalue weighted by Gasteiger charge is 2.12. The van der Waals surface area contributed by atoms with Gasteiger partial charge in [-0.15, -0.1) is 11.3 Å². The Morgan fingerprint density at radius 3 is 2.44 bits per heavy atom. The van der Waals surface area contributed by atoms with Crippen LogP contribution in [0.4, 0.5) is 0 Å². The molecule has 1 amide bonds. The second-order valence-electron chi connectivity index (χ2n) is 5.44. The van der Waals surface area contributed by atoms with Gasteiger partial charge in [0.05, 0.1) is 4.88 Å². The van der Waals surface area contributed by atoms with Crippen LogP contribution < -0.4 is 5.43 Å². The minimum absolute atomic E-state index is 0.195. The number of carbonyl (C=O) groups excluding carboxylic acids is 1. The van der Waals surface area contributed by atoms with Gasteiger partial charge in [0.1, 0.15) is 0 Å². The summed E-state index contributed by atoms with van der Waals surface area (Å²) in [5.41, 5.74) is 5.85. The summed E-state index contributed by atoms with van der Waals surface area (Å²) in [6.07, 6.45) is 5.30. The molecule has 1 N–H and O–H groups in total. The lowest BCUT2D eigenvalue weighted by Crippen LogP contribution is -2.15. The van der Waals surface area contributed by atoms with Gasteiger partial charge < -0.3 is 0 Å². The van der Waals surface area contributed by atoms with Crippen LogP contribution in [0.15, 0.2) is 77.9 Å². The van der Waals surface area contributed by atoms with Crippen LogP contribution >= 0.6 is 11.3 Å². The van der Waals surface area contributed by atoms with Crippen molar-refractivity contribution in [3.63, 3.8) is 0 Å². The predicted molar refractivity (Wildman–Crippen MR) is 106 cm³/mol. The van der Waals surface area contributed by atoms with E-state index in [-0.39, 0.29) is 5.91 Å². The largest absolute Gasteiger partial charge is 0.281 e. The first-order valence-corrected chi connectivity index (χ1v) is 8.76. The summed E-state index contributed by atoms with van der Waals surface area (Å²) in [5.74, 6) is -0.195. The molecule has 0 saturated heterocycles. The summed E-state index contributed by atoms with van der Waals surface area (Å²) >= 11 is 1.47. The SMILES string of the molecule is Cc1sc(C(=O)N/N=C/C=C/c2ccccc2)cc1-c1ccccc1. The number of carbonyl (C=O) groups is 1. The van der Waals surface area contributed by atoms with E-state index in [1.54, 1.807) is 12.3 Å². The van der Waals surface area contributed by atoms with E-state index in [1.807, 2.05) is 79.7 Å². The number of nitrogens with one attached hydrogen (secondary N) is 1. The molecule has 25 heavy (non-hydrogen) atoms. The van der Waals surface area contributed by atoms with Crippen LogP contribution in [0.1, 0.15) is 20.1 Å². The zero-order valence-corrected chi connectivity index (χ0v) is 14.7. The molecule has 0 fully saturated rings. The van der Waals surface area contributed by atoms with Crippen molar-refractivity contribution in [3.05, 3.63) is 88.1 Å². The van der Waals surface area contributed by atoms with Crippen molar-refractivity contribution in [1.82, 2.24) is 5.43 Å². The van der Waals surface area contributed by atoms with Gasteiger partial charge in [-0.05, 0) is 35.8 Å². The van der Waals surface area contributed by atoms with Crippen LogP contribution in [-0.4, -0.2) is 12.1 Å². The molecular formula is C21H18N2OS. The maximum absolute atomic E-state index is 12.2. The minimum atomic E-state index is -0.195. The second-order valence-corrected chi connectivity index (χ2v) is 6.69. The molecule has 0 aliphatic rings. The predicted octanol–water partition coefficient (Wildman–Crippen LogP) is 5.15. The average molecular weight is 346 g/mol. The lowest BCUT2D eigenvalue weighted by molar-refractivity contribution is 0.0959. The first-order chi connectivity index (χ1) is 12.2. The highest BCUT2D eigenvalue weighted by atomic mass is 32.1. The van der Waals surface area contributed by atoms with Crippen LogP contribution in [0.25, 0.3) is 17.2 Å². The Hall–Kier alpha value is -2.98. The molecule has 0 spiro atoms. The Morgan fingerprint density at radius 2 is 1.72 bits per heavy atom. The van der Waals surface area contributed by atoms with E-state index in [0.717, 1.165) is 21.6 Å². The van der Waals surface area contributed by atoms with Crippen molar-refractivity contribution in [1.29, 1.82) is 0 Å². The normalized spacial score (nSPS) is 11.2. The van der Waals surface area contributed by atoms with Crippen molar-refractivity contribution in [2.45, 2.75) is 6.92 Å². The van der Waals surface area contributed by atoms with Gasteiger partial charge in [-0.3, -0.25) is 4.79 Å². The van der Waals surface area contributed by atoms with E-state index >= 15 is 0 Å². The summed E-state index contributed by atoms with van der Waals surface area (Å²) in [5, 5.41) is 3.97. The molecule has 0 atom stereocenters. The standard InChI is InChI=1S/C21H18N2OS/c1-16-19(18-12-6-3-7-13-18)15-20(25-16)21(24)23-22-14-8-11-17-9-4-2-5-10-17/h2-15H,1H3,(H,23,24)/b11-8+,22-14+. The van der Waals surface area contributed by atoms with Gasteiger partial charge in [0.25, 0.3) is 5.91 Å². The van der Waals surface area contributed by atoms with Crippen LogP contribution in [-0.2, 0) is 0 Å². The molecule has 0 radical (unpaired) electrons. The number of amides is 1. The third-order valence-electron chi connectivity index (χ3n) is 3.64. The number of nitrogens with zero attached hydrogens (tertiary/aromatic N) is 1. The topological polar surface area (TPSA) is 41.5 Å². The number of hydrogen-bond acceptors (Lipinski definition) is 3. The summed E-state index contributed by atoms with van der Waals surface area (Å²) in [7, 11) is 0. The van der Waals surface area contributed by atoms with Gasteiger partial charge in [0.2, 0.25) is 0 Å². The van der Waals surface area contributed by atoms with Crippen molar-refractivity contribution >= 4 is 29.5 Å². The number of hydrogen-bond donors (Lipinski definition) is 1. The van der Waals surface area contributed by atoms with Gasteiger partial charge >= 0.3 is 0 Å². The molecule has 1 heterocycles. The molecule has 3 nitrogen and oxygen atoms in total. The number of allylic oxidation sites excluding steroid dienone is 1. The molecule has 0 aliphatic carbocycles. The van der Waals surface area contributed by atoms with E-state index < -0.39 is 0 Å². The van der Waals surface area contributed by atoms with E-state index in [1.165, 1.54) is 11.3 Å². The van der Waals surface area contributed by atoms with E-state index in [9.17, 15) is 4.79 Å². The second kappa shape index (κ2) is 8.22. The van der Waals surface area contributed by atoms with Gasteiger partial charge in [-0.25, -0.2) is 5.43 Å². The van der Waals surface area contributed by atoms with Crippen molar-refractivity contribution in [2.24, 2.45) is 5.10 Å². The fraction of sp³-hybridized carbons (Fsp3) is 0.0476. The van der Waals surface area contributed by atoms with Gasteiger partial charge in [0, 0.05) is 11.1 Å². The summed E-state index contributed by atoms with van der Waals surface area (Å²) in [6, 6.07) is 21.9. The monoisotopic (exact) mass is 346 g/mol. The highest BCUT2D eigenvalue weighted by molar-refractivity contribution is 7.14. The van der Waals surface area contributed by atoms with Crippen LogP contribution in [0.5, 0.6) is 0 Å². The fourth-order valence-corrected chi connectivity index (χ4v) is 3.34. The third kappa shape index (κ3) is 4.52. The number of aryl methyl sites for hydroxylation is 1. The van der Waals surface area contributed by atoms with Crippen molar-refractivity contribution in [3.8, 4) is 11.1 Å². The van der Waals surface area contributed by atoms with Gasteiger partial charge in [0.15, 0.2) is 0 Å². The summed E-state index contributed by atoms with van der Waals surface area (Å²) in [6.45, 7) is 2.02. The fourth-order valence-electron chi connectivity index (χ4n) is 2.41. The Morgan fingerprint density at radius 1 is 1.04 bits per heavy atom. The van der Waals surface area contributed by atoms with Crippen LogP contribution in [0, 0.1) is 6.92 Å². The van der Waals surface area contributed by atoms with Crippen LogP contribution in [0.2, 0.25) is 0 Å². The molecule has 4 heteroatoms. The number of rotatable bonds is 5. The number of benzene rings is 2. The van der Waals surface area contributed by atoms with Crippen molar-refractivity contribution in [2.75, 3.05) is 0 Å². The molecule has 0 saturated carbocycles. The molecule has 0 bridgehead atoms. The molecule has 0 unspecified atom stereocenters. The number of hydrazone groups is 1. The van der Waals surface area contributed by atoms with Gasteiger partial charge in [-0.1, -0.05) is 66.7 Å². The van der Waals surface area contributed by atoms with Gasteiger partial charge in [-0.2, -0.15) is 5.10 Å². The lowest BCUT2D eigenvalue weighted by Gasteiger charge is -1.98. The Balaban J connectivity index is 1.62. The summed E-state index contributed by atoms with van der Waals surface area (Å²) in [4.78, 5) is 14.0. The summed E-state index contributed by atoms with van der Waals surface area (Å²) < 4.78 is 0.